The Morgan fingerprint density at radius 1 is 1.00 bits per heavy atom. The van der Waals surface area contributed by atoms with Crippen molar-refractivity contribution in [3.8, 4) is 0 Å². The first-order chi connectivity index (χ1) is 10.3. The van der Waals surface area contributed by atoms with Crippen LogP contribution in [-0.4, -0.2) is 15.0 Å². The maximum Gasteiger partial charge on any atom is 0.416 e. The molecule has 2 aromatic carbocycles. The van der Waals surface area contributed by atoms with E-state index in [1.165, 1.54) is 24.3 Å². The summed E-state index contributed by atoms with van der Waals surface area (Å²) >= 11 is 0. The lowest BCUT2D eigenvalue weighted by Gasteiger charge is -2.16. The molecule has 0 aliphatic carbocycles. The second-order valence-electron chi connectivity index (χ2n) is 4.76. The highest BCUT2D eigenvalue weighted by Gasteiger charge is 2.34. The van der Waals surface area contributed by atoms with E-state index in [2.05, 4.69) is 5.73 Å². The van der Waals surface area contributed by atoms with Crippen LogP contribution in [0.25, 0.3) is 0 Å². The van der Waals surface area contributed by atoms with Crippen LogP contribution in [0.3, 0.4) is 0 Å². The predicted molar refractivity (Wildman–Crippen MR) is 75.6 cm³/mol. The van der Waals surface area contributed by atoms with Crippen molar-refractivity contribution in [2.24, 2.45) is 0 Å². The lowest BCUT2D eigenvalue weighted by atomic mass is 10.1. The minimum Gasteiger partial charge on any atom is -0.356 e. The zero-order valence-electron chi connectivity index (χ0n) is 11.5. The zero-order valence-corrected chi connectivity index (χ0v) is 12.4. The molecule has 0 unspecified atom stereocenters. The maximum absolute atomic E-state index is 12.8. The Labute approximate surface area is 126 Å². The first-order valence-corrected chi connectivity index (χ1v) is 8.07. The van der Waals surface area contributed by atoms with Gasteiger partial charge in [-0.15, -0.1) is 0 Å². The van der Waals surface area contributed by atoms with Gasteiger partial charge in [0.25, 0.3) is 0 Å². The maximum atomic E-state index is 12.8. The van der Waals surface area contributed by atoms with Gasteiger partial charge in [-0.2, -0.15) is 13.2 Å². The van der Waals surface area contributed by atoms with E-state index < -0.39 is 26.8 Å². The topological polar surface area (TPSA) is 61.8 Å². The van der Waals surface area contributed by atoms with Crippen LogP contribution in [0.2, 0.25) is 0 Å². The summed E-state index contributed by atoms with van der Waals surface area (Å²) in [6.07, 6.45) is -4.52. The second kappa shape index (κ2) is 6.10. The number of quaternary nitrogens is 1. The average Bonchev–Trinajstić information content (AvgIpc) is 2.48. The van der Waals surface area contributed by atoms with E-state index in [1.54, 1.807) is 18.2 Å². The summed E-state index contributed by atoms with van der Waals surface area (Å²) in [4.78, 5) is 0.0704. The molecule has 0 amide bonds. The van der Waals surface area contributed by atoms with Crippen LogP contribution in [0.5, 0.6) is 0 Å². The monoisotopic (exact) mass is 330 g/mol. The summed E-state index contributed by atoms with van der Waals surface area (Å²) in [7, 11) is -3.80. The Morgan fingerprint density at radius 3 is 2.18 bits per heavy atom. The second-order valence-corrected chi connectivity index (χ2v) is 6.89. The van der Waals surface area contributed by atoms with Gasteiger partial charge >= 0.3 is 6.18 Å². The molecule has 0 aliphatic rings. The third kappa shape index (κ3) is 3.31. The number of alkyl halides is 3. The van der Waals surface area contributed by atoms with E-state index in [4.69, 9.17) is 0 Å². The number of sulfone groups is 1. The third-order valence-corrected chi connectivity index (χ3v) is 5.48. The fraction of sp³-hybridized carbons (Fsp3) is 0.200. The summed E-state index contributed by atoms with van der Waals surface area (Å²) < 4.78 is 63.6. The highest BCUT2D eigenvalue weighted by molar-refractivity contribution is 7.91. The summed E-state index contributed by atoms with van der Waals surface area (Å²) in [5.41, 5.74) is 2.81. The summed E-state index contributed by atoms with van der Waals surface area (Å²) in [5, 5.41) is -1.11. The smallest absolute Gasteiger partial charge is 0.356 e. The van der Waals surface area contributed by atoms with Crippen molar-refractivity contribution in [1.82, 2.24) is 0 Å². The average molecular weight is 330 g/mol. The molecular formula is C15H15F3NO2S+. The molecule has 0 aromatic heterocycles. The largest absolute Gasteiger partial charge is 0.416 e. The normalized spacial score (nSPS) is 13.8. The fourth-order valence-corrected chi connectivity index (χ4v) is 3.87. The first kappa shape index (κ1) is 16.5. The van der Waals surface area contributed by atoms with Gasteiger partial charge in [0.1, 0.15) is 5.25 Å². The van der Waals surface area contributed by atoms with Crippen LogP contribution < -0.4 is 5.73 Å². The molecule has 2 aromatic rings. The molecule has 0 fully saturated rings. The SMILES string of the molecule is [NH3+]C[C@H](c1cccc(C(F)(F)F)c1)S(=O)(=O)c1ccccc1. The van der Waals surface area contributed by atoms with Gasteiger partial charge < -0.3 is 5.73 Å². The highest BCUT2D eigenvalue weighted by Crippen LogP contribution is 2.33. The Hall–Kier alpha value is -1.86. The van der Waals surface area contributed by atoms with Crippen LogP contribution in [0.4, 0.5) is 13.2 Å². The minimum absolute atomic E-state index is 0.0570. The van der Waals surface area contributed by atoms with E-state index in [-0.39, 0.29) is 17.0 Å². The van der Waals surface area contributed by atoms with E-state index in [1.807, 2.05) is 0 Å². The number of benzene rings is 2. The van der Waals surface area contributed by atoms with Gasteiger partial charge in [-0.05, 0) is 23.8 Å². The fourth-order valence-electron chi connectivity index (χ4n) is 2.19. The van der Waals surface area contributed by atoms with Crippen LogP contribution in [-0.2, 0) is 16.0 Å². The summed E-state index contributed by atoms with van der Waals surface area (Å²) in [6.45, 7) is -0.0570. The van der Waals surface area contributed by atoms with Crippen molar-refractivity contribution in [3.05, 3.63) is 65.7 Å². The first-order valence-electron chi connectivity index (χ1n) is 6.52. The van der Waals surface area contributed by atoms with Gasteiger partial charge in [0.2, 0.25) is 0 Å². The number of rotatable bonds is 4. The predicted octanol–water partition coefficient (Wildman–Crippen LogP) is 2.46. The molecule has 3 nitrogen and oxygen atoms in total. The zero-order chi connectivity index (χ0) is 16.4. The van der Waals surface area contributed by atoms with E-state index in [0.717, 1.165) is 12.1 Å². The number of halogens is 3. The lowest BCUT2D eigenvalue weighted by molar-refractivity contribution is -0.367. The molecule has 0 saturated carbocycles. The third-order valence-electron chi connectivity index (χ3n) is 3.29. The Balaban J connectivity index is 2.49. The van der Waals surface area contributed by atoms with Gasteiger partial charge in [0.15, 0.2) is 9.84 Å². The molecule has 118 valence electrons. The molecule has 7 heteroatoms. The molecule has 0 aliphatic heterocycles. The quantitative estimate of drug-likeness (QED) is 0.936. The molecule has 1 atom stereocenters. The Kier molecular flexibility index (Phi) is 4.58. The molecule has 0 heterocycles. The van der Waals surface area contributed by atoms with Crippen LogP contribution >= 0.6 is 0 Å². The van der Waals surface area contributed by atoms with Crippen LogP contribution in [0.15, 0.2) is 59.5 Å². The molecule has 2 rings (SSSR count). The van der Waals surface area contributed by atoms with Crippen molar-refractivity contribution >= 4 is 9.84 Å². The molecule has 3 N–H and O–H groups in total. The minimum atomic E-state index is -4.52. The van der Waals surface area contributed by atoms with Gasteiger partial charge in [0, 0.05) is 0 Å². The summed E-state index contributed by atoms with van der Waals surface area (Å²) in [6, 6.07) is 12.0. The molecule has 0 radical (unpaired) electrons. The Morgan fingerprint density at radius 2 is 1.64 bits per heavy atom. The highest BCUT2D eigenvalue weighted by atomic mass is 32.2. The van der Waals surface area contributed by atoms with E-state index >= 15 is 0 Å². The molecule has 22 heavy (non-hydrogen) atoms. The molecular weight excluding hydrogens is 315 g/mol. The van der Waals surface area contributed by atoms with Gasteiger partial charge in [0.05, 0.1) is 17.0 Å². The van der Waals surface area contributed by atoms with Gasteiger partial charge in [-0.3, -0.25) is 0 Å². The lowest BCUT2D eigenvalue weighted by Crippen LogP contribution is -2.54. The molecule has 0 saturated heterocycles. The van der Waals surface area contributed by atoms with E-state index in [0.29, 0.717) is 0 Å². The number of hydrogen-bond acceptors (Lipinski definition) is 2. The van der Waals surface area contributed by atoms with Crippen molar-refractivity contribution in [1.29, 1.82) is 0 Å². The standard InChI is InChI=1S/C15H14F3NO2S/c16-15(17,18)12-6-4-5-11(9-12)14(10-19)22(20,21)13-7-2-1-3-8-13/h1-9,14H,10,19H2/p+1/t14-/m1/s1. The van der Waals surface area contributed by atoms with Crippen molar-refractivity contribution in [3.63, 3.8) is 0 Å². The summed E-state index contributed by atoms with van der Waals surface area (Å²) in [5.74, 6) is 0. The Bertz CT molecular complexity index is 743. The number of hydrogen-bond donors (Lipinski definition) is 1. The van der Waals surface area contributed by atoms with Crippen LogP contribution in [0.1, 0.15) is 16.4 Å². The van der Waals surface area contributed by atoms with Crippen molar-refractivity contribution in [2.75, 3.05) is 6.54 Å². The molecule has 0 spiro atoms. The van der Waals surface area contributed by atoms with Gasteiger partial charge in [-0.25, -0.2) is 8.42 Å². The van der Waals surface area contributed by atoms with Crippen LogP contribution in [0, 0.1) is 0 Å². The van der Waals surface area contributed by atoms with Gasteiger partial charge in [-0.1, -0.05) is 36.4 Å². The van der Waals surface area contributed by atoms with Crippen molar-refractivity contribution < 1.29 is 27.3 Å². The van der Waals surface area contributed by atoms with Crippen molar-refractivity contribution in [2.45, 2.75) is 16.3 Å². The van der Waals surface area contributed by atoms with E-state index in [9.17, 15) is 21.6 Å². The molecule has 0 bridgehead atoms.